The predicted octanol–water partition coefficient (Wildman–Crippen LogP) is 2.71. The molecule has 3 heteroatoms. The van der Waals surface area contributed by atoms with Crippen LogP contribution in [0.15, 0.2) is 36.9 Å². The van der Waals surface area contributed by atoms with Crippen LogP contribution < -0.4 is 5.73 Å². The van der Waals surface area contributed by atoms with E-state index in [-0.39, 0.29) is 12.4 Å². The average molecular weight is 233 g/mol. The first-order chi connectivity index (χ1) is 7.93. The standard InChI is InChI=1S/C14H19NO2/c1-4-9-14(2,3)17-13(16)10-11-5-7-12(15)8-6-11/h4-8H,1,9-10,15H2,2-3H3. The van der Waals surface area contributed by atoms with Crippen LogP contribution in [-0.4, -0.2) is 11.6 Å². The summed E-state index contributed by atoms with van der Waals surface area (Å²) in [4.78, 5) is 11.7. The number of carbonyl (C=O) groups excluding carboxylic acids is 1. The quantitative estimate of drug-likeness (QED) is 0.483. The van der Waals surface area contributed by atoms with Crippen molar-refractivity contribution in [3.8, 4) is 0 Å². The lowest BCUT2D eigenvalue weighted by molar-refractivity contribution is -0.155. The van der Waals surface area contributed by atoms with Gasteiger partial charge >= 0.3 is 5.97 Å². The molecule has 0 amide bonds. The third-order valence-corrected chi connectivity index (χ3v) is 2.35. The van der Waals surface area contributed by atoms with Crippen LogP contribution in [0.1, 0.15) is 25.8 Å². The topological polar surface area (TPSA) is 52.3 Å². The van der Waals surface area contributed by atoms with E-state index in [1.807, 2.05) is 26.0 Å². The van der Waals surface area contributed by atoms with Crippen LogP contribution in [0.2, 0.25) is 0 Å². The predicted molar refractivity (Wildman–Crippen MR) is 69.5 cm³/mol. The van der Waals surface area contributed by atoms with Gasteiger partial charge in [0.05, 0.1) is 6.42 Å². The van der Waals surface area contributed by atoms with E-state index < -0.39 is 5.60 Å². The SMILES string of the molecule is C=CCC(C)(C)OC(=O)Cc1ccc(N)cc1. The Balaban J connectivity index is 2.55. The summed E-state index contributed by atoms with van der Waals surface area (Å²) in [6, 6.07) is 7.21. The molecule has 2 N–H and O–H groups in total. The molecule has 0 atom stereocenters. The summed E-state index contributed by atoms with van der Waals surface area (Å²) < 4.78 is 5.37. The highest BCUT2D eigenvalue weighted by Crippen LogP contribution is 2.16. The smallest absolute Gasteiger partial charge is 0.310 e. The number of hydrogen-bond donors (Lipinski definition) is 1. The van der Waals surface area contributed by atoms with E-state index in [0.29, 0.717) is 12.1 Å². The molecule has 0 aliphatic rings. The van der Waals surface area contributed by atoms with Gasteiger partial charge in [0.15, 0.2) is 0 Å². The minimum atomic E-state index is -0.493. The van der Waals surface area contributed by atoms with Crippen LogP contribution >= 0.6 is 0 Å². The lowest BCUT2D eigenvalue weighted by Crippen LogP contribution is -2.28. The highest BCUT2D eigenvalue weighted by molar-refractivity contribution is 5.73. The monoisotopic (exact) mass is 233 g/mol. The molecule has 1 aromatic rings. The molecule has 1 rings (SSSR count). The minimum absolute atomic E-state index is 0.235. The van der Waals surface area contributed by atoms with E-state index in [0.717, 1.165) is 5.56 Å². The van der Waals surface area contributed by atoms with Crippen molar-refractivity contribution < 1.29 is 9.53 Å². The van der Waals surface area contributed by atoms with Gasteiger partial charge in [0.25, 0.3) is 0 Å². The Morgan fingerprint density at radius 2 is 2.00 bits per heavy atom. The zero-order valence-corrected chi connectivity index (χ0v) is 10.4. The van der Waals surface area contributed by atoms with E-state index in [1.165, 1.54) is 0 Å². The lowest BCUT2D eigenvalue weighted by atomic mass is 10.1. The molecule has 0 fully saturated rings. The maximum Gasteiger partial charge on any atom is 0.310 e. The van der Waals surface area contributed by atoms with Gasteiger partial charge in [-0.2, -0.15) is 0 Å². The zero-order chi connectivity index (χ0) is 12.9. The van der Waals surface area contributed by atoms with Crippen LogP contribution in [0.5, 0.6) is 0 Å². The maximum atomic E-state index is 11.7. The summed E-state index contributed by atoms with van der Waals surface area (Å²) in [5.74, 6) is -0.235. The Morgan fingerprint density at radius 3 is 2.53 bits per heavy atom. The molecule has 17 heavy (non-hydrogen) atoms. The van der Waals surface area contributed by atoms with Crippen molar-refractivity contribution in [2.24, 2.45) is 0 Å². The largest absolute Gasteiger partial charge is 0.459 e. The normalized spacial score (nSPS) is 10.9. The summed E-state index contributed by atoms with van der Waals surface area (Å²) >= 11 is 0. The van der Waals surface area contributed by atoms with Gasteiger partial charge in [0.2, 0.25) is 0 Å². The van der Waals surface area contributed by atoms with Crippen LogP contribution in [0.3, 0.4) is 0 Å². The molecule has 0 saturated heterocycles. The van der Waals surface area contributed by atoms with E-state index in [9.17, 15) is 4.79 Å². The molecule has 92 valence electrons. The summed E-state index contributed by atoms with van der Waals surface area (Å²) in [5, 5.41) is 0. The number of carbonyl (C=O) groups is 1. The van der Waals surface area contributed by atoms with Crippen LogP contribution in [0.25, 0.3) is 0 Å². The Kier molecular flexibility index (Phi) is 4.32. The molecule has 0 aliphatic heterocycles. The van der Waals surface area contributed by atoms with Gasteiger partial charge in [0, 0.05) is 12.1 Å². The van der Waals surface area contributed by atoms with Gasteiger partial charge in [-0.1, -0.05) is 18.2 Å². The fraction of sp³-hybridized carbons (Fsp3) is 0.357. The molecule has 0 unspecified atom stereocenters. The third kappa shape index (κ3) is 4.72. The maximum absolute atomic E-state index is 11.7. The van der Waals surface area contributed by atoms with Crippen molar-refractivity contribution in [2.75, 3.05) is 5.73 Å². The van der Waals surface area contributed by atoms with Gasteiger partial charge in [-0.25, -0.2) is 0 Å². The summed E-state index contributed by atoms with van der Waals surface area (Å²) in [7, 11) is 0. The molecule has 0 heterocycles. The van der Waals surface area contributed by atoms with Crippen molar-refractivity contribution in [1.82, 2.24) is 0 Å². The Hall–Kier alpha value is -1.77. The molecular formula is C14H19NO2. The molecular weight excluding hydrogens is 214 g/mol. The number of esters is 1. The van der Waals surface area contributed by atoms with Crippen LogP contribution in [0.4, 0.5) is 5.69 Å². The average Bonchev–Trinajstić information content (AvgIpc) is 2.20. The van der Waals surface area contributed by atoms with Gasteiger partial charge in [-0.3, -0.25) is 4.79 Å². The second-order valence-electron chi connectivity index (χ2n) is 4.64. The molecule has 0 aliphatic carbocycles. The highest BCUT2D eigenvalue weighted by Gasteiger charge is 2.21. The molecule has 1 aromatic carbocycles. The molecule has 0 bridgehead atoms. The van der Waals surface area contributed by atoms with Crippen molar-refractivity contribution in [1.29, 1.82) is 0 Å². The van der Waals surface area contributed by atoms with Gasteiger partial charge in [0.1, 0.15) is 5.60 Å². The third-order valence-electron chi connectivity index (χ3n) is 2.35. The van der Waals surface area contributed by atoms with Gasteiger partial charge < -0.3 is 10.5 Å². The minimum Gasteiger partial charge on any atom is -0.459 e. The first-order valence-electron chi connectivity index (χ1n) is 5.60. The first kappa shape index (κ1) is 13.3. The zero-order valence-electron chi connectivity index (χ0n) is 10.4. The van der Waals surface area contributed by atoms with Gasteiger partial charge in [-0.15, -0.1) is 6.58 Å². The second kappa shape index (κ2) is 5.53. The summed E-state index contributed by atoms with van der Waals surface area (Å²) in [5.41, 5.74) is 6.67. The van der Waals surface area contributed by atoms with Gasteiger partial charge in [-0.05, 0) is 31.5 Å². The fourth-order valence-electron chi connectivity index (χ4n) is 1.54. The molecule has 0 spiro atoms. The second-order valence-corrected chi connectivity index (χ2v) is 4.64. The Bertz CT molecular complexity index is 393. The molecule has 3 nitrogen and oxygen atoms in total. The number of rotatable bonds is 5. The Labute approximate surface area is 102 Å². The van der Waals surface area contributed by atoms with E-state index in [4.69, 9.17) is 10.5 Å². The fourth-order valence-corrected chi connectivity index (χ4v) is 1.54. The molecule has 0 radical (unpaired) electrons. The first-order valence-corrected chi connectivity index (χ1v) is 5.60. The number of anilines is 1. The molecule has 0 aromatic heterocycles. The van der Waals surface area contributed by atoms with Crippen molar-refractivity contribution in [2.45, 2.75) is 32.3 Å². The summed E-state index contributed by atoms with van der Waals surface area (Å²) in [6.45, 7) is 7.38. The lowest BCUT2D eigenvalue weighted by Gasteiger charge is -2.23. The Morgan fingerprint density at radius 1 is 1.41 bits per heavy atom. The number of benzene rings is 1. The van der Waals surface area contributed by atoms with E-state index >= 15 is 0 Å². The van der Waals surface area contributed by atoms with Crippen LogP contribution in [0, 0.1) is 0 Å². The number of hydrogen-bond acceptors (Lipinski definition) is 3. The van der Waals surface area contributed by atoms with E-state index in [1.54, 1.807) is 18.2 Å². The van der Waals surface area contributed by atoms with E-state index in [2.05, 4.69) is 6.58 Å². The van der Waals surface area contributed by atoms with Crippen molar-refractivity contribution >= 4 is 11.7 Å². The van der Waals surface area contributed by atoms with Crippen LogP contribution in [-0.2, 0) is 16.0 Å². The number of ether oxygens (including phenoxy) is 1. The van der Waals surface area contributed by atoms with Crippen molar-refractivity contribution in [3.63, 3.8) is 0 Å². The number of nitrogen functional groups attached to an aromatic ring is 1. The number of nitrogens with two attached hydrogens (primary N) is 1. The van der Waals surface area contributed by atoms with Crippen molar-refractivity contribution in [3.05, 3.63) is 42.5 Å². The molecule has 0 saturated carbocycles. The highest BCUT2D eigenvalue weighted by atomic mass is 16.6. The summed E-state index contributed by atoms with van der Waals surface area (Å²) in [6.07, 6.45) is 2.65.